The Kier molecular flexibility index (Phi) is 5.53. The lowest BCUT2D eigenvalue weighted by atomic mass is 10.0. The van der Waals surface area contributed by atoms with Crippen molar-refractivity contribution in [1.82, 2.24) is 13.7 Å². The highest BCUT2D eigenvalue weighted by Crippen LogP contribution is 2.34. The highest BCUT2D eigenvalue weighted by Gasteiger charge is 2.31. The fourth-order valence-electron chi connectivity index (χ4n) is 3.90. The Morgan fingerprint density at radius 2 is 1.76 bits per heavy atom. The topological polar surface area (TPSA) is 146 Å². The maximum Gasteiger partial charge on any atom is 0.330 e. The van der Waals surface area contributed by atoms with Crippen LogP contribution in [0.25, 0.3) is 22.2 Å². The van der Waals surface area contributed by atoms with Crippen LogP contribution in [0.4, 0.5) is 15.6 Å². The number of aromatic nitrogens is 3. The van der Waals surface area contributed by atoms with E-state index < -0.39 is 10.0 Å². The van der Waals surface area contributed by atoms with Gasteiger partial charge in [0.25, 0.3) is 0 Å². The minimum atomic E-state index is -3.90. The molecule has 3 heterocycles. The maximum absolute atomic E-state index is 13.3. The number of carbonyl (C=O) groups excluding carboxylic acids is 1. The van der Waals surface area contributed by atoms with Crippen LogP contribution in [0.1, 0.15) is 17.7 Å². The molecule has 4 aromatic rings. The molecule has 172 valence electrons. The molecular weight excluding hydrogens is 494 g/mol. The van der Waals surface area contributed by atoms with E-state index in [4.69, 9.17) is 5.14 Å². The average Bonchev–Trinajstić information content (AvgIpc) is 3.46. The molecule has 0 bridgehead atoms. The van der Waals surface area contributed by atoms with Crippen molar-refractivity contribution in [2.45, 2.75) is 17.6 Å². The van der Waals surface area contributed by atoms with Crippen LogP contribution in [0.5, 0.6) is 0 Å². The quantitative estimate of drug-likeness (QED) is 0.441. The van der Waals surface area contributed by atoms with Crippen LogP contribution in [0, 0.1) is 18.3 Å². The van der Waals surface area contributed by atoms with Gasteiger partial charge in [-0.3, -0.25) is 9.80 Å². The van der Waals surface area contributed by atoms with Gasteiger partial charge in [0.1, 0.15) is 17.1 Å². The molecule has 10 nitrogen and oxygen atoms in total. The Morgan fingerprint density at radius 3 is 2.44 bits per heavy atom. The van der Waals surface area contributed by atoms with E-state index in [0.717, 1.165) is 34.2 Å². The van der Waals surface area contributed by atoms with Gasteiger partial charge in [0.05, 0.1) is 23.0 Å². The van der Waals surface area contributed by atoms with E-state index in [2.05, 4.69) is 19.8 Å². The first kappa shape index (κ1) is 22.4. The number of urea groups is 1. The number of sulfonamides is 1. The summed E-state index contributed by atoms with van der Waals surface area (Å²) in [6.45, 7) is 2.52. The van der Waals surface area contributed by atoms with Crippen LogP contribution in [-0.4, -0.2) is 41.3 Å². The molecule has 1 fully saturated rings. The fourth-order valence-corrected chi connectivity index (χ4v) is 6.44. The second-order valence-electron chi connectivity index (χ2n) is 7.63. The molecule has 2 amide bonds. The Labute approximate surface area is 203 Å². The Bertz CT molecular complexity index is 1570. The second-order valence-corrected chi connectivity index (χ2v) is 10.9. The molecule has 0 aliphatic carbocycles. The van der Waals surface area contributed by atoms with Crippen molar-refractivity contribution in [2.75, 3.05) is 22.9 Å². The number of hydrogen-bond donors (Lipinski definition) is 1. The number of amides is 2. The predicted octanol–water partition coefficient (Wildman–Crippen LogP) is 3.48. The lowest BCUT2D eigenvalue weighted by Crippen LogP contribution is -2.49. The van der Waals surface area contributed by atoms with Gasteiger partial charge in [-0.2, -0.15) is 14.0 Å². The highest BCUT2D eigenvalue weighted by molar-refractivity contribution is 7.91. The standard InChI is InChI=1S/C21H17N7O3S3/c1-12-19(34(23,30)31)32-20(24-12)28-10-2-9-27(21(28)29)15-6-3-13(4-7-15)16-8-5-14(11-22)17-18(16)26-33-25-17/h3-8H,2,9-10H2,1H3,(H2,23,30,31). The minimum absolute atomic E-state index is 0.0398. The molecule has 2 aromatic carbocycles. The SMILES string of the molecule is Cc1nc(N2CCCN(c3ccc(-c4ccc(C#N)c5nsnc45)cc3)C2=O)sc1S(N)(=O)=O. The molecule has 1 saturated heterocycles. The number of fused-ring (bicyclic) bond motifs is 1. The summed E-state index contributed by atoms with van der Waals surface area (Å²) in [4.78, 5) is 20.6. The summed E-state index contributed by atoms with van der Waals surface area (Å²) < 4.78 is 32.1. The first-order valence-electron chi connectivity index (χ1n) is 10.1. The Morgan fingerprint density at radius 1 is 1.06 bits per heavy atom. The van der Waals surface area contributed by atoms with E-state index in [1.165, 1.54) is 4.90 Å². The fraction of sp³-hybridized carbons (Fsp3) is 0.190. The maximum atomic E-state index is 13.3. The lowest BCUT2D eigenvalue weighted by molar-refractivity contribution is 0.248. The molecule has 34 heavy (non-hydrogen) atoms. The van der Waals surface area contributed by atoms with Crippen molar-refractivity contribution in [3.63, 3.8) is 0 Å². The number of nitrogens with two attached hydrogens (primary N) is 1. The van der Waals surface area contributed by atoms with E-state index >= 15 is 0 Å². The summed E-state index contributed by atoms with van der Waals surface area (Å²) in [5.41, 5.74) is 4.46. The number of anilines is 2. The van der Waals surface area contributed by atoms with Crippen molar-refractivity contribution in [2.24, 2.45) is 5.14 Å². The molecule has 13 heteroatoms. The number of benzene rings is 2. The molecule has 0 atom stereocenters. The van der Waals surface area contributed by atoms with Crippen molar-refractivity contribution >= 4 is 61.0 Å². The van der Waals surface area contributed by atoms with E-state index in [1.54, 1.807) is 17.9 Å². The van der Waals surface area contributed by atoms with Crippen molar-refractivity contribution < 1.29 is 13.2 Å². The van der Waals surface area contributed by atoms with E-state index in [-0.39, 0.29) is 15.9 Å². The third kappa shape index (κ3) is 3.80. The van der Waals surface area contributed by atoms with Gasteiger partial charge in [-0.15, -0.1) is 0 Å². The second kappa shape index (κ2) is 8.41. The summed E-state index contributed by atoms with van der Waals surface area (Å²) >= 11 is 1.96. The van der Waals surface area contributed by atoms with Crippen LogP contribution < -0.4 is 14.9 Å². The molecule has 0 spiro atoms. The zero-order valence-electron chi connectivity index (χ0n) is 17.8. The number of aryl methyl sites for hydroxylation is 1. The predicted molar refractivity (Wildman–Crippen MR) is 130 cm³/mol. The zero-order valence-corrected chi connectivity index (χ0v) is 20.2. The van der Waals surface area contributed by atoms with Crippen LogP contribution in [0.15, 0.2) is 40.6 Å². The van der Waals surface area contributed by atoms with Gasteiger partial charge < -0.3 is 0 Å². The van der Waals surface area contributed by atoms with E-state index in [9.17, 15) is 18.5 Å². The summed E-state index contributed by atoms with van der Waals surface area (Å²) in [5, 5.41) is 14.9. The van der Waals surface area contributed by atoms with E-state index in [1.807, 2.05) is 30.3 Å². The number of carbonyl (C=O) groups is 1. The number of primary sulfonamides is 1. The average molecular weight is 512 g/mol. The smallest absolute Gasteiger partial charge is 0.294 e. The summed E-state index contributed by atoms with van der Waals surface area (Å²) in [5.74, 6) is 0. The molecule has 2 aromatic heterocycles. The molecule has 2 N–H and O–H groups in total. The summed E-state index contributed by atoms with van der Waals surface area (Å²) in [6.07, 6.45) is 0.692. The molecular formula is C21H17N7O3S3. The van der Waals surface area contributed by atoms with Gasteiger partial charge >= 0.3 is 6.03 Å². The molecule has 1 aliphatic heterocycles. The number of nitrogens with zero attached hydrogens (tertiary/aromatic N) is 6. The van der Waals surface area contributed by atoms with Crippen LogP contribution in [-0.2, 0) is 10.0 Å². The largest absolute Gasteiger partial charge is 0.330 e. The first-order valence-corrected chi connectivity index (χ1v) is 13.2. The van der Waals surface area contributed by atoms with Crippen LogP contribution in [0.2, 0.25) is 0 Å². The number of nitriles is 1. The third-order valence-electron chi connectivity index (χ3n) is 5.48. The first-order chi connectivity index (χ1) is 16.3. The third-order valence-corrected chi connectivity index (χ3v) is 8.75. The lowest BCUT2D eigenvalue weighted by Gasteiger charge is -2.34. The molecule has 1 aliphatic rings. The monoisotopic (exact) mass is 511 g/mol. The van der Waals surface area contributed by atoms with Crippen LogP contribution in [0.3, 0.4) is 0 Å². The molecule has 0 saturated carbocycles. The minimum Gasteiger partial charge on any atom is -0.294 e. The number of hydrogen-bond acceptors (Lipinski definition) is 9. The van der Waals surface area contributed by atoms with Gasteiger partial charge in [0.15, 0.2) is 9.34 Å². The van der Waals surface area contributed by atoms with Gasteiger partial charge in [0, 0.05) is 24.3 Å². The van der Waals surface area contributed by atoms with Gasteiger partial charge in [-0.25, -0.2) is 23.3 Å². The van der Waals surface area contributed by atoms with Crippen molar-refractivity contribution in [3.05, 3.63) is 47.7 Å². The number of thiazole rings is 1. The van der Waals surface area contributed by atoms with Crippen molar-refractivity contribution in [3.8, 4) is 17.2 Å². The van der Waals surface area contributed by atoms with Crippen molar-refractivity contribution in [1.29, 1.82) is 5.26 Å². The normalized spacial score (nSPS) is 14.6. The molecule has 0 radical (unpaired) electrons. The zero-order chi connectivity index (χ0) is 24.0. The van der Waals surface area contributed by atoms with E-state index in [0.29, 0.717) is 46.9 Å². The Hall–Kier alpha value is -3.44. The van der Waals surface area contributed by atoms with Gasteiger partial charge in [-0.1, -0.05) is 29.5 Å². The van der Waals surface area contributed by atoms with Crippen LogP contribution >= 0.6 is 23.1 Å². The van der Waals surface area contributed by atoms with Gasteiger partial charge in [-0.05, 0) is 37.1 Å². The molecule has 0 unspecified atom stereocenters. The van der Waals surface area contributed by atoms with Gasteiger partial charge in [0.2, 0.25) is 10.0 Å². The summed E-state index contributed by atoms with van der Waals surface area (Å²) in [7, 11) is -3.90. The number of rotatable bonds is 4. The molecule has 5 rings (SSSR count). The Balaban J connectivity index is 1.44. The summed E-state index contributed by atoms with van der Waals surface area (Å²) in [6, 6.07) is 12.9. The highest BCUT2D eigenvalue weighted by atomic mass is 32.2.